The van der Waals surface area contributed by atoms with E-state index in [1.165, 1.54) is 18.3 Å². The molecule has 1 atom stereocenters. The summed E-state index contributed by atoms with van der Waals surface area (Å²) in [5, 5.41) is 18.0. The molecule has 7 heteroatoms. The molecule has 160 valence electrons. The van der Waals surface area contributed by atoms with Gasteiger partial charge in [0.05, 0.1) is 6.20 Å². The predicted molar refractivity (Wildman–Crippen MR) is 120 cm³/mol. The van der Waals surface area contributed by atoms with Gasteiger partial charge in [0.1, 0.15) is 5.82 Å². The summed E-state index contributed by atoms with van der Waals surface area (Å²) >= 11 is 0. The highest BCUT2D eigenvalue weighted by Crippen LogP contribution is 2.34. The summed E-state index contributed by atoms with van der Waals surface area (Å²) in [5.41, 5.74) is 3.71. The molecule has 1 fully saturated rings. The molecule has 1 aliphatic rings. The molecule has 3 N–H and O–H groups in total. The van der Waals surface area contributed by atoms with E-state index >= 15 is 0 Å². The average molecular weight is 420 g/mol. The summed E-state index contributed by atoms with van der Waals surface area (Å²) in [6.07, 6.45) is 5.75. The van der Waals surface area contributed by atoms with Crippen LogP contribution in [0.3, 0.4) is 0 Å². The number of hydrogen-bond acceptors (Lipinski definition) is 4. The van der Waals surface area contributed by atoms with Crippen LogP contribution in [0.15, 0.2) is 54.9 Å². The van der Waals surface area contributed by atoms with E-state index in [0.29, 0.717) is 18.7 Å². The van der Waals surface area contributed by atoms with Crippen molar-refractivity contribution in [1.29, 1.82) is 5.41 Å². The number of anilines is 1. The second kappa shape index (κ2) is 8.34. The fraction of sp³-hybridized carbons (Fsp3) is 0.292. The van der Waals surface area contributed by atoms with E-state index in [1.807, 2.05) is 43.1 Å². The number of nitrogens with one attached hydrogen (secondary N) is 3. The van der Waals surface area contributed by atoms with Gasteiger partial charge in [-0.05, 0) is 62.1 Å². The number of benzene rings is 2. The first-order valence-electron chi connectivity index (χ1n) is 10.3. The number of aromatic nitrogens is 2. The number of carbonyl (C=O) groups excluding carboxylic acids is 1. The van der Waals surface area contributed by atoms with Crippen LogP contribution in [0, 0.1) is 17.1 Å². The van der Waals surface area contributed by atoms with E-state index in [2.05, 4.69) is 15.5 Å². The minimum Gasteiger partial charge on any atom is -0.384 e. The lowest BCUT2D eigenvalue weighted by atomic mass is 9.96. The molecular weight excluding hydrogens is 393 g/mol. The van der Waals surface area contributed by atoms with E-state index < -0.39 is 5.82 Å². The summed E-state index contributed by atoms with van der Waals surface area (Å²) in [7, 11) is 0. The number of rotatable bonds is 6. The zero-order valence-electron chi connectivity index (χ0n) is 17.7. The molecule has 31 heavy (non-hydrogen) atoms. The Kier molecular flexibility index (Phi) is 5.59. The topological polar surface area (TPSA) is 84.9 Å². The van der Waals surface area contributed by atoms with E-state index in [4.69, 9.17) is 5.41 Å². The van der Waals surface area contributed by atoms with E-state index in [1.54, 1.807) is 18.3 Å². The Morgan fingerprint density at radius 2 is 2.16 bits per heavy atom. The molecule has 1 aliphatic heterocycles. The molecule has 0 radical (unpaired) electrons. The number of hydrogen-bond donors (Lipinski definition) is 3. The molecule has 2 aromatic carbocycles. The number of H-pyrrole nitrogens is 1. The molecule has 1 unspecified atom stereocenters. The lowest BCUT2D eigenvalue weighted by molar-refractivity contribution is 0.0649. The number of likely N-dealkylation sites (tertiary alicyclic amines) is 1. The summed E-state index contributed by atoms with van der Waals surface area (Å²) in [6, 6.07) is 11.8. The van der Waals surface area contributed by atoms with Crippen molar-refractivity contribution in [3.8, 4) is 11.1 Å². The number of aromatic amines is 1. The SMILES string of the molecule is CC1(C)CC(CNc2ccc(-c3cn[nH]c3)cc2C=N)CN1C(=O)c1cccc(F)c1. The number of nitrogens with zero attached hydrogens (tertiary/aromatic N) is 2. The van der Waals surface area contributed by atoms with Crippen molar-refractivity contribution in [1.82, 2.24) is 15.1 Å². The van der Waals surface area contributed by atoms with Gasteiger partial charge in [0, 0.05) is 53.4 Å². The first-order valence-corrected chi connectivity index (χ1v) is 10.3. The smallest absolute Gasteiger partial charge is 0.254 e. The molecule has 6 nitrogen and oxygen atoms in total. The van der Waals surface area contributed by atoms with Crippen LogP contribution in [-0.2, 0) is 0 Å². The summed E-state index contributed by atoms with van der Waals surface area (Å²) in [5.74, 6) is -0.296. The zero-order chi connectivity index (χ0) is 22.0. The molecule has 1 saturated heterocycles. The third-order valence-electron chi connectivity index (χ3n) is 5.90. The maximum absolute atomic E-state index is 13.6. The fourth-order valence-electron chi connectivity index (χ4n) is 4.34. The van der Waals surface area contributed by atoms with Crippen LogP contribution in [-0.4, -0.2) is 45.8 Å². The third-order valence-corrected chi connectivity index (χ3v) is 5.90. The predicted octanol–water partition coefficient (Wildman–Crippen LogP) is 4.57. The van der Waals surface area contributed by atoms with Crippen LogP contribution < -0.4 is 5.32 Å². The molecule has 4 rings (SSSR count). The molecule has 1 aromatic heterocycles. The molecule has 0 bridgehead atoms. The van der Waals surface area contributed by atoms with Crippen molar-refractivity contribution in [2.24, 2.45) is 5.92 Å². The Hall–Kier alpha value is -3.48. The largest absolute Gasteiger partial charge is 0.384 e. The standard InChI is InChI=1S/C24H26FN5O/c1-24(2)10-16(15-30(24)23(31)18-4-3-5-21(25)9-18)12-27-22-7-6-17(8-19(22)11-26)20-13-28-29-14-20/h3-9,11,13-14,16,26-27H,10,12,15H2,1-2H3,(H,28,29). The van der Waals surface area contributed by atoms with Crippen molar-refractivity contribution in [3.63, 3.8) is 0 Å². The third kappa shape index (κ3) is 4.35. The Balaban J connectivity index is 1.45. The van der Waals surface area contributed by atoms with Gasteiger partial charge in [-0.1, -0.05) is 12.1 Å². The lowest BCUT2D eigenvalue weighted by Gasteiger charge is -2.31. The van der Waals surface area contributed by atoms with Gasteiger partial charge in [-0.25, -0.2) is 4.39 Å². The van der Waals surface area contributed by atoms with Gasteiger partial charge >= 0.3 is 0 Å². The molecule has 3 aromatic rings. The monoisotopic (exact) mass is 419 g/mol. The molecule has 1 amide bonds. The van der Waals surface area contributed by atoms with Gasteiger partial charge < -0.3 is 15.6 Å². The van der Waals surface area contributed by atoms with Crippen LogP contribution >= 0.6 is 0 Å². The van der Waals surface area contributed by atoms with Gasteiger partial charge in [0.2, 0.25) is 0 Å². The van der Waals surface area contributed by atoms with Crippen molar-refractivity contribution < 1.29 is 9.18 Å². The van der Waals surface area contributed by atoms with Gasteiger partial charge in [-0.15, -0.1) is 0 Å². The maximum Gasteiger partial charge on any atom is 0.254 e. The van der Waals surface area contributed by atoms with Gasteiger partial charge in [0.25, 0.3) is 5.91 Å². The molecule has 0 spiro atoms. The van der Waals surface area contributed by atoms with Crippen molar-refractivity contribution >= 4 is 17.8 Å². The maximum atomic E-state index is 13.6. The highest BCUT2D eigenvalue weighted by molar-refractivity contribution is 5.95. The highest BCUT2D eigenvalue weighted by Gasteiger charge is 2.41. The van der Waals surface area contributed by atoms with Crippen LogP contribution in [0.1, 0.15) is 36.2 Å². The average Bonchev–Trinajstić information content (AvgIpc) is 3.39. The number of carbonyl (C=O) groups is 1. The van der Waals surface area contributed by atoms with Crippen LogP contribution in [0.25, 0.3) is 11.1 Å². The zero-order valence-corrected chi connectivity index (χ0v) is 17.7. The minimum absolute atomic E-state index is 0.142. The summed E-state index contributed by atoms with van der Waals surface area (Å²) in [4.78, 5) is 14.8. The van der Waals surface area contributed by atoms with Crippen LogP contribution in [0.4, 0.5) is 10.1 Å². The lowest BCUT2D eigenvalue weighted by Crippen LogP contribution is -2.42. The quantitative estimate of drug-likeness (QED) is 0.512. The van der Waals surface area contributed by atoms with Crippen molar-refractivity contribution in [2.45, 2.75) is 25.8 Å². The Labute approximate surface area is 181 Å². The van der Waals surface area contributed by atoms with Crippen LogP contribution in [0.2, 0.25) is 0 Å². The Morgan fingerprint density at radius 1 is 1.32 bits per heavy atom. The van der Waals surface area contributed by atoms with Gasteiger partial charge in [-0.2, -0.15) is 5.10 Å². The number of halogens is 1. The van der Waals surface area contributed by atoms with E-state index in [-0.39, 0.29) is 17.4 Å². The van der Waals surface area contributed by atoms with Crippen molar-refractivity contribution in [3.05, 3.63) is 71.8 Å². The van der Waals surface area contributed by atoms with E-state index in [0.717, 1.165) is 28.8 Å². The second-order valence-electron chi connectivity index (χ2n) is 8.62. The van der Waals surface area contributed by atoms with E-state index in [9.17, 15) is 9.18 Å². The molecule has 0 aliphatic carbocycles. The summed E-state index contributed by atoms with van der Waals surface area (Å²) in [6.45, 7) is 5.38. The Morgan fingerprint density at radius 3 is 2.87 bits per heavy atom. The minimum atomic E-state index is -0.404. The normalized spacial score (nSPS) is 17.5. The summed E-state index contributed by atoms with van der Waals surface area (Å²) < 4.78 is 13.6. The van der Waals surface area contributed by atoms with Gasteiger partial charge in [-0.3, -0.25) is 9.89 Å². The molecule has 0 saturated carbocycles. The molecular formula is C24H26FN5O. The Bertz CT molecular complexity index is 1090. The highest BCUT2D eigenvalue weighted by atomic mass is 19.1. The second-order valence-corrected chi connectivity index (χ2v) is 8.62. The molecule has 2 heterocycles. The van der Waals surface area contributed by atoms with Crippen LogP contribution in [0.5, 0.6) is 0 Å². The number of amides is 1. The van der Waals surface area contributed by atoms with Gasteiger partial charge in [0.15, 0.2) is 0 Å². The first kappa shape index (κ1) is 20.8. The van der Waals surface area contributed by atoms with Crippen molar-refractivity contribution in [2.75, 3.05) is 18.4 Å². The fourth-order valence-corrected chi connectivity index (χ4v) is 4.34. The first-order chi connectivity index (χ1) is 14.9.